The van der Waals surface area contributed by atoms with Crippen molar-refractivity contribution in [2.75, 3.05) is 19.5 Å². The van der Waals surface area contributed by atoms with E-state index in [0.717, 1.165) is 26.1 Å². The Bertz CT molecular complexity index is 253. The summed E-state index contributed by atoms with van der Waals surface area (Å²) in [5.41, 5.74) is 0. The summed E-state index contributed by atoms with van der Waals surface area (Å²) in [6, 6.07) is 0.0904. The number of rotatable bonds is 5. The Morgan fingerprint density at radius 2 is 2.33 bits per heavy atom. The lowest BCUT2D eigenvalue weighted by Crippen LogP contribution is -2.35. The van der Waals surface area contributed by atoms with Crippen LogP contribution in [0.5, 0.6) is 0 Å². The number of carbonyl (C=O) groups excluding carboxylic acids is 1. The van der Waals surface area contributed by atoms with Crippen molar-refractivity contribution in [3.8, 4) is 0 Å². The monoisotopic (exact) mass is 228 g/mol. The summed E-state index contributed by atoms with van der Waals surface area (Å²) in [5.74, 6) is 0.317. The molecule has 86 valence electrons. The average Bonchev–Trinajstić information content (AvgIpc) is 2.94. The summed E-state index contributed by atoms with van der Waals surface area (Å²) in [6.07, 6.45) is 6.75. The highest BCUT2D eigenvalue weighted by Crippen LogP contribution is 2.47. The molecule has 0 spiro atoms. The quantitative estimate of drug-likeness (QED) is 0.773. The lowest BCUT2D eigenvalue weighted by Gasteiger charge is -2.21. The maximum atomic E-state index is 12.0. The van der Waals surface area contributed by atoms with E-state index >= 15 is 0 Å². The molecule has 1 N–H and O–H groups in total. The Labute approximate surface area is 96.0 Å². The Morgan fingerprint density at radius 3 is 2.87 bits per heavy atom. The minimum atomic E-state index is 0.0904. The van der Waals surface area contributed by atoms with Crippen molar-refractivity contribution in [1.82, 2.24) is 10.2 Å². The van der Waals surface area contributed by atoms with E-state index in [9.17, 15) is 4.79 Å². The van der Waals surface area contributed by atoms with Crippen LogP contribution < -0.4 is 5.32 Å². The molecule has 2 rings (SSSR count). The summed E-state index contributed by atoms with van der Waals surface area (Å²) in [5, 5.41) is 3.30. The number of thioether (sulfide) groups is 1. The maximum absolute atomic E-state index is 12.0. The molecule has 1 aliphatic carbocycles. The molecule has 1 amide bonds. The highest BCUT2D eigenvalue weighted by molar-refractivity contribution is 8.00. The van der Waals surface area contributed by atoms with Crippen LogP contribution in [0.25, 0.3) is 0 Å². The zero-order valence-corrected chi connectivity index (χ0v) is 10.4. The van der Waals surface area contributed by atoms with Gasteiger partial charge in [0.2, 0.25) is 5.91 Å². The third-order valence-corrected chi connectivity index (χ3v) is 4.84. The van der Waals surface area contributed by atoms with Crippen molar-refractivity contribution < 1.29 is 4.79 Å². The second kappa shape index (κ2) is 4.34. The van der Waals surface area contributed by atoms with Crippen LogP contribution in [0.1, 0.15) is 32.6 Å². The van der Waals surface area contributed by atoms with Gasteiger partial charge in [-0.15, -0.1) is 0 Å². The Kier molecular flexibility index (Phi) is 3.26. The Morgan fingerprint density at radius 1 is 1.60 bits per heavy atom. The highest BCUT2D eigenvalue weighted by atomic mass is 32.2. The van der Waals surface area contributed by atoms with Gasteiger partial charge in [-0.1, -0.05) is 13.3 Å². The van der Waals surface area contributed by atoms with Gasteiger partial charge in [-0.05, 0) is 25.5 Å². The second-order valence-corrected chi connectivity index (χ2v) is 5.90. The largest absolute Gasteiger partial charge is 0.327 e. The summed E-state index contributed by atoms with van der Waals surface area (Å²) >= 11 is 1.92. The van der Waals surface area contributed by atoms with E-state index in [0.29, 0.717) is 10.7 Å². The van der Waals surface area contributed by atoms with Gasteiger partial charge in [0.25, 0.3) is 0 Å². The summed E-state index contributed by atoms with van der Waals surface area (Å²) in [4.78, 5) is 14.0. The molecule has 1 aliphatic heterocycles. The first kappa shape index (κ1) is 11.3. The molecule has 1 saturated carbocycles. The van der Waals surface area contributed by atoms with Crippen LogP contribution in [0.4, 0.5) is 0 Å². The van der Waals surface area contributed by atoms with Crippen molar-refractivity contribution in [2.24, 2.45) is 0 Å². The van der Waals surface area contributed by atoms with E-state index in [4.69, 9.17) is 0 Å². The van der Waals surface area contributed by atoms with Gasteiger partial charge in [0.15, 0.2) is 0 Å². The van der Waals surface area contributed by atoms with E-state index in [1.807, 2.05) is 16.7 Å². The Hall–Kier alpha value is -0.220. The fraction of sp³-hybridized carbons (Fsp3) is 0.909. The lowest BCUT2D eigenvalue weighted by molar-refractivity contribution is -0.129. The number of nitrogens with one attached hydrogen (secondary N) is 1. The minimum Gasteiger partial charge on any atom is -0.327 e. The maximum Gasteiger partial charge on any atom is 0.240 e. The molecule has 2 fully saturated rings. The van der Waals surface area contributed by atoms with E-state index in [1.54, 1.807) is 0 Å². The molecule has 1 heterocycles. The van der Waals surface area contributed by atoms with Crippen molar-refractivity contribution in [3.05, 3.63) is 0 Å². The smallest absolute Gasteiger partial charge is 0.240 e. The molecule has 4 heteroatoms. The van der Waals surface area contributed by atoms with Gasteiger partial charge in [-0.2, -0.15) is 11.8 Å². The SMILES string of the molecule is CCCC1NCN(CC2(SC)CC2)C1=O. The van der Waals surface area contributed by atoms with Crippen molar-refractivity contribution in [3.63, 3.8) is 0 Å². The molecule has 0 aromatic carbocycles. The third kappa shape index (κ3) is 2.31. The molecule has 15 heavy (non-hydrogen) atoms. The van der Waals surface area contributed by atoms with Crippen molar-refractivity contribution >= 4 is 17.7 Å². The van der Waals surface area contributed by atoms with Crippen LogP contribution in [-0.4, -0.2) is 41.1 Å². The predicted octanol–water partition coefficient (Wildman–Crippen LogP) is 1.44. The molecule has 1 atom stereocenters. The number of hydrogen-bond donors (Lipinski definition) is 1. The molecule has 0 aromatic rings. The first-order valence-electron chi connectivity index (χ1n) is 5.78. The van der Waals surface area contributed by atoms with Crippen LogP contribution in [0.2, 0.25) is 0 Å². The minimum absolute atomic E-state index is 0.0904. The van der Waals surface area contributed by atoms with Gasteiger partial charge in [0.05, 0.1) is 12.7 Å². The molecule has 0 radical (unpaired) electrons. The van der Waals surface area contributed by atoms with E-state index < -0.39 is 0 Å². The van der Waals surface area contributed by atoms with Crippen LogP contribution >= 0.6 is 11.8 Å². The summed E-state index contributed by atoms with van der Waals surface area (Å²) in [7, 11) is 0. The predicted molar refractivity (Wildman–Crippen MR) is 63.9 cm³/mol. The zero-order chi connectivity index (χ0) is 10.9. The number of nitrogens with zero attached hydrogens (tertiary/aromatic N) is 1. The first-order valence-corrected chi connectivity index (χ1v) is 7.00. The van der Waals surface area contributed by atoms with Gasteiger partial charge in [0, 0.05) is 11.3 Å². The second-order valence-electron chi connectivity index (χ2n) is 4.63. The zero-order valence-electron chi connectivity index (χ0n) is 9.58. The number of hydrogen-bond acceptors (Lipinski definition) is 3. The van der Waals surface area contributed by atoms with Gasteiger partial charge < -0.3 is 4.90 Å². The van der Waals surface area contributed by atoms with E-state index in [-0.39, 0.29) is 6.04 Å². The molecular weight excluding hydrogens is 208 g/mol. The van der Waals surface area contributed by atoms with Gasteiger partial charge in [-0.3, -0.25) is 10.1 Å². The molecule has 1 unspecified atom stereocenters. The number of amides is 1. The molecule has 0 bridgehead atoms. The number of carbonyl (C=O) groups is 1. The average molecular weight is 228 g/mol. The van der Waals surface area contributed by atoms with Gasteiger partial charge >= 0.3 is 0 Å². The van der Waals surface area contributed by atoms with E-state index in [2.05, 4.69) is 18.5 Å². The van der Waals surface area contributed by atoms with Crippen LogP contribution in [0.3, 0.4) is 0 Å². The van der Waals surface area contributed by atoms with Crippen molar-refractivity contribution in [2.45, 2.75) is 43.4 Å². The lowest BCUT2D eigenvalue weighted by atomic mass is 10.1. The fourth-order valence-corrected chi connectivity index (χ4v) is 2.96. The third-order valence-electron chi connectivity index (χ3n) is 3.44. The summed E-state index contributed by atoms with van der Waals surface area (Å²) < 4.78 is 0.401. The van der Waals surface area contributed by atoms with Crippen LogP contribution in [0.15, 0.2) is 0 Å². The van der Waals surface area contributed by atoms with E-state index in [1.165, 1.54) is 12.8 Å². The van der Waals surface area contributed by atoms with Crippen LogP contribution in [0, 0.1) is 0 Å². The molecule has 0 aromatic heterocycles. The first-order chi connectivity index (χ1) is 7.21. The summed E-state index contributed by atoms with van der Waals surface area (Å²) in [6.45, 7) is 3.83. The van der Waals surface area contributed by atoms with Gasteiger partial charge in [0.1, 0.15) is 0 Å². The standard InChI is InChI=1S/C11H20N2OS/c1-3-4-9-10(14)13(8-12-9)7-11(15-2)5-6-11/h9,12H,3-8H2,1-2H3. The highest BCUT2D eigenvalue weighted by Gasteiger charge is 2.45. The Balaban J connectivity index is 1.87. The molecular formula is C11H20N2OS. The van der Waals surface area contributed by atoms with Crippen molar-refractivity contribution in [1.29, 1.82) is 0 Å². The topological polar surface area (TPSA) is 32.3 Å². The molecule has 2 aliphatic rings. The molecule has 3 nitrogen and oxygen atoms in total. The normalized spacial score (nSPS) is 28.5. The molecule has 1 saturated heterocycles. The van der Waals surface area contributed by atoms with Gasteiger partial charge in [-0.25, -0.2) is 0 Å². The van der Waals surface area contributed by atoms with Crippen LogP contribution in [-0.2, 0) is 4.79 Å². The fourth-order valence-electron chi connectivity index (χ4n) is 2.17.